The first-order valence-electron chi connectivity index (χ1n) is 12.0. The van der Waals surface area contributed by atoms with Crippen LogP contribution in [-0.2, 0) is 14.8 Å². The first-order chi connectivity index (χ1) is 16.5. The highest BCUT2D eigenvalue weighted by molar-refractivity contribution is 7.88. The Balaban J connectivity index is 1.25. The maximum Gasteiger partial charge on any atom is 0.238 e. The molecule has 0 radical (unpaired) electrons. The zero-order valence-electron chi connectivity index (χ0n) is 20.8. The summed E-state index contributed by atoms with van der Waals surface area (Å²) in [6.45, 7) is 6.38. The third-order valence-electron chi connectivity index (χ3n) is 7.62. The number of carbonyl (C=O) groups excluding carboxylic acids is 1. The van der Waals surface area contributed by atoms with Gasteiger partial charge < -0.3 is 14.5 Å². The molecule has 1 amide bonds. The van der Waals surface area contributed by atoms with E-state index < -0.39 is 10.0 Å². The van der Waals surface area contributed by atoms with Crippen LogP contribution >= 0.6 is 0 Å². The van der Waals surface area contributed by atoms with Crippen LogP contribution in [0.5, 0.6) is 5.75 Å². The number of nitrogens with one attached hydrogen (secondary N) is 1. The highest BCUT2D eigenvalue weighted by atomic mass is 32.2. The second kappa shape index (κ2) is 8.50. The lowest BCUT2D eigenvalue weighted by atomic mass is 9.74. The number of para-hydroxylation sites is 1. The number of ether oxygens (including phenoxy) is 1. The van der Waals surface area contributed by atoms with E-state index in [9.17, 15) is 13.2 Å². The van der Waals surface area contributed by atoms with Gasteiger partial charge in [0.15, 0.2) is 0 Å². The number of furan rings is 1. The Hall–Kier alpha value is -2.62. The van der Waals surface area contributed by atoms with E-state index >= 15 is 0 Å². The molecule has 0 atom stereocenters. The Morgan fingerprint density at radius 2 is 1.83 bits per heavy atom. The molecular formula is C26H33N3O5S. The molecule has 3 aromatic rings. The summed E-state index contributed by atoms with van der Waals surface area (Å²) in [5.74, 6) is 0.475. The Morgan fingerprint density at radius 3 is 2.49 bits per heavy atom. The van der Waals surface area contributed by atoms with E-state index in [1.54, 1.807) is 11.4 Å². The number of likely N-dealkylation sites (tertiary alicyclic amines) is 1. The minimum Gasteiger partial charge on any atom is -0.495 e. The number of piperidine rings is 1. The van der Waals surface area contributed by atoms with Crippen LogP contribution in [0.1, 0.15) is 33.1 Å². The molecule has 0 unspecified atom stereocenters. The van der Waals surface area contributed by atoms with E-state index in [2.05, 4.69) is 10.2 Å². The second-order valence-corrected chi connectivity index (χ2v) is 12.6. The molecule has 0 saturated carbocycles. The third-order valence-corrected chi connectivity index (χ3v) is 9.04. The average Bonchev–Trinajstić information content (AvgIpc) is 3.28. The lowest BCUT2D eigenvalue weighted by molar-refractivity contribution is -0.117. The van der Waals surface area contributed by atoms with Gasteiger partial charge in [0.1, 0.15) is 16.9 Å². The van der Waals surface area contributed by atoms with E-state index in [1.807, 2.05) is 50.2 Å². The number of carbonyl (C=O) groups is 1. The second-order valence-electron chi connectivity index (χ2n) is 10.7. The maximum atomic E-state index is 12.9. The van der Waals surface area contributed by atoms with Crippen molar-refractivity contribution in [3.05, 3.63) is 36.4 Å². The number of fused-ring (bicyclic) bond motifs is 3. The van der Waals surface area contributed by atoms with E-state index in [0.29, 0.717) is 23.6 Å². The summed E-state index contributed by atoms with van der Waals surface area (Å²) in [6.07, 6.45) is 3.90. The van der Waals surface area contributed by atoms with Gasteiger partial charge in [-0.1, -0.05) is 18.2 Å². The quantitative estimate of drug-likeness (QED) is 0.569. The van der Waals surface area contributed by atoms with Crippen molar-refractivity contribution in [2.45, 2.75) is 38.6 Å². The fourth-order valence-electron chi connectivity index (χ4n) is 6.08. The Bertz CT molecular complexity index is 1390. The van der Waals surface area contributed by atoms with Crippen LogP contribution < -0.4 is 10.1 Å². The van der Waals surface area contributed by atoms with Gasteiger partial charge >= 0.3 is 0 Å². The van der Waals surface area contributed by atoms with Gasteiger partial charge in [0.05, 0.1) is 25.6 Å². The minimum absolute atomic E-state index is 0.0187. The number of benzene rings is 2. The summed E-state index contributed by atoms with van der Waals surface area (Å²) in [5, 5.41) is 4.94. The van der Waals surface area contributed by atoms with Crippen LogP contribution in [0.25, 0.3) is 21.9 Å². The van der Waals surface area contributed by atoms with Crippen LogP contribution in [0, 0.1) is 5.41 Å². The van der Waals surface area contributed by atoms with E-state index in [1.165, 1.54) is 6.26 Å². The maximum absolute atomic E-state index is 12.9. The molecule has 0 bridgehead atoms. The number of hydrogen-bond acceptors (Lipinski definition) is 6. The van der Waals surface area contributed by atoms with Crippen LogP contribution in [0.2, 0.25) is 0 Å². The summed E-state index contributed by atoms with van der Waals surface area (Å²) in [6, 6.07) is 11.5. The van der Waals surface area contributed by atoms with Gasteiger partial charge in [-0.15, -0.1) is 0 Å². The molecule has 8 nitrogen and oxygen atoms in total. The van der Waals surface area contributed by atoms with Crippen molar-refractivity contribution in [1.29, 1.82) is 0 Å². The fraction of sp³-hybridized carbons (Fsp3) is 0.500. The van der Waals surface area contributed by atoms with Crippen molar-refractivity contribution in [2.75, 3.05) is 44.9 Å². The van der Waals surface area contributed by atoms with Crippen LogP contribution in [-0.4, -0.2) is 68.6 Å². The number of amides is 1. The van der Waals surface area contributed by atoms with E-state index in [-0.39, 0.29) is 23.4 Å². The van der Waals surface area contributed by atoms with Crippen molar-refractivity contribution in [2.24, 2.45) is 5.41 Å². The van der Waals surface area contributed by atoms with Gasteiger partial charge in [0.2, 0.25) is 15.9 Å². The smallest absolute Gasteiger partial charge is 0.238 e. The Labute approximate surface area is 206 Å². The van der Waals surface area contributed by atoms with Crippen LogP contribution in [0.3, 0.4) is 0 Å². The van der Waals surface area contributed by atoms with E-state index in [4.69, 9.17) is 9.15 Å². The molecular weight excluding hydrogens is 466 g/mol. The van der Waals surface area contributed by atoms with Gasteiger partial charge in [-0.25, -0.2) is 8.42 Å². The molecule has 35 heavy (non-hydrogen) atoms. The topological polar surface area (TPSA) is 92.1 Å². The number of methoxy groups -OCH3 is 1. The van der Waals surface area contributed by atoms with Crippen molar-refractivity contribution >= 4 is 43.6 Å². The highest BCUT2D eigenvalue weighted by Gasteiger charge is 2.52. The predicted octanol–water partition coefficient (Wildman–Crippen LogP) is 4.06. The molecule has 188 valence electrons. The molecule has 1 N–H and O–H groups in total. The van der Waals surface area contributed by atoms with Crippen molar-refractivity contribution < 1.29 is 22.4 Å². The van der Waals surface area contributed by atoms with Gasteiger partial charge in [0.25, 0.3) is 0 Å². The molecule has 0 aliphatic carbocycles. The van der Waals surface area contributed by atoms with Crippen LogP contribution in [0.15, 0.2) is 40.8 Å². The third kappa shape index (κ3) is 4.52. The zero-order chi connectivity index (χ0) is 25.0. The van der Waals surface area contributed by atoms with Crippen molar-refractivity contribution in [3.63, 3.8) is 0 Å². The Morgan fingerprint density at radius 1 is 1.11 bits per heavy atom. The molecule has 2 aliphatic heterocycles. The summed E-state index contributed by atoms with van der Waals surface area (Å²) < 4.78 is 37.8. The molecule has 1 aromatic heterocycles. The van der Waals surface area contributed by atoms with Gasteiger partial charge in [-0.05, 0) is 63.7 Å². The molecule has 2 fully saturated rings. The summed E-state index contributed by atoms with van der Waals surface area (Å²) in [4.78, 5) is 15.1. The minimum atomic E-state index is -3.25. The monoisotopic (exact) mass is 499 g/mol. The van der Waals surface area contributed by atoms with Gasteiger partial charge in [0, 0.05) is 28.9 Å². The van der Waals surface area contributed by atoms with E-state index in [0.717, 1.165) is 48.7 Å². The van der Waals surface area contributed by atoms with Crippen LogP contribution in [0.4, 0.5) is 5.69 Å². The SMILES string of the molecule is COc1cc2c(cc1NC(=O)CN1CCC3(CC1)CN(S(C)(=O)=O)C(C)(C)C3)oc1ccccc12. The standard InChI is InChI=1S/C26H33N3O5S/c1-25(2)16-26(17-29(25)35(4,31)32)9-11-28(12-10-26)15-24(30)27-20-14-22-19(13-23(20)33-3)18-7-5-6-8-21(18)34-22/h5-8,13-14H,9-12,15-17H2,1-4H3,(H,27,30). The molecule has 2 saturated heterocycles. The Kier molecular flexibility index (Phi) is 5.85. The number of rotatable bonds is 5. The predicted molar refractivity (Wildman–Crippen MR) is 137 cm³/mol. The molecule has 1 spiro atoms. The lowest BCUT2D eigenvalue weighted by Crippen LogP contribution is -2.45. The summed E-state index contributed by atoms with van der Waals surface area (Å²) in [7, 11) is -1.66. The summed E-state index contributed by atoms with van der Waals surface area (Å²) in [5.41, 5.74) is 1.67. The summed E-state index contributed by atoms with van der Waals surface area (Å²) >= 11 is 0. The first-order valence-corrected chi connectivity index (χ1v) is 13.8. The van der Waals surface area contributed by atoms with Gasteiger partial charge in [-0.3, -0.25) is 9.69 Å². The van der Waals surface area contributed by atoms with Crippen molar-refractivity contribution in [3.8, 4) is 5.75 Å². The number of anilines is 1. The molecule has 2 aromatic carbocycles. The normalized spacial score (nSPS) is 20.6. The van der Waals surface area contributed by atoms with Crippen molar-refractivity contribution in [1.82, 2.24) is 9.21 Å². The number of nitrogens with zero attached hydrogens (tertiary/aromatic N) is 2. The molecule has 9 heteroatoms. The molecule has 3 heterocycles. The highest BCUT2D eigenvalue weighted by Crippen LogP contribution is 2.48. The molecule has 2 aliphatic rings. The fourth-order valence-corrected chi connectivity index (χ4v) is 7.55. The average molecular weight is 500 g/mol. The molecule has 5 rings (SSSR count). The largest absolute Gasteiger partial charge is 0.495 e. The van der Waals surface area contributed by atoms with Gasteiger partial charge in [-0.2, -0.15) is 4.31 Å². The first kappa shape index (κ1) is 24.1. The number of hydrogen-bond donors (Lipinski definition) is 1. The zero-order valence-corrected chi connectivity index (χ0v) is 21.6. The lowest BCUT2D eigenvalue weighted by Gasteiger charge is -2.39. The number of sulfonamides is 1.